The molecule has 7 heteroatoms. The summed E-state index contributed by atoms with van der Waals surface area (Å²) in [5.74, 6) is -0.295. The molecular formula is C10H22O4S2Si. The molecule has 0 atom stereocenters. The first-order valence-electron chi connectivity index (χ1n) is 5.55. The Kier molecular flexibility index (Phi) is 7.82. The van der Waals surface area contributed by atoms with Crippen LogP contribution in [0.15, 0.2) is 0 Å². The number of carbonyl (C=O) groups is 1. The Morgan fingerprint density at radius 2 is 1.82 bits per heavy atom. The van der Waals surface area contributed by atoms with Gasteiger partial charge in [0.2, 0.25) is 0 Å². The summed E-state index contributed by atoms with van der Waals surface area (Å²) in [4.78, 5) is 11.6. The van der Waals surface area contributed by atoms with E-state index in [-0.39, 0.29) is 10.0 Å². The van der Waals surface area contributed by atoms with E-state index in [4.69, 9.17) is 13.3 Å². The normalized spacial score (nSPS) is 12.6. The lowest BCUT2D eigenvalue weighted by atomic mass is 10.1. The van der Waals surface area contributed by atoms with Crippen molar-refractivity contribution in [3.05, 3.63) is 0 Å². The van der Waals surface area contributed by atoms with Crippen molar-refractivity contribution in [2.24, 2.45) is 0 Å². The fraction of sp³-hybridized carbons (Fsp3) is 0.900. The number of hydrogen-bond acceptors (Lipinski definition) is 6. The molecular weight excluding hydrogens is 276 g/mol. The molecule has 102 valence electrons. The monoisotopic (exact) mass is 298 g/mol. The predicted octanol–water partition coefficient (Wildman–Crippen LogP) is 2.53. The Hall–Kier alpha value is 0.307. The molecule has 0 aliphatic rings. The summed E-state index contributed by atoms with van der Waals surface area (Å²) in [6, 6.07) is 0. The molecule has 0 spiro atoms. The van der Waals surface area contributed by atoms with Crippen LogP contribution in [-0.4, -0.2) is 33.1 Å². The number of rotatable bonds is 8. The van der Waals surface area contributed by atoms with Gasteiger partial charge in [0, 0.05) is 27.2 Å². The summed E-state index contributed by atoms with van der Waals surface area (Å²) in [5, 5.41) is 0. The average molecular weight is 299 g/mol. The van der Waals surface area contributed by atoms with Gasteiger partial charge in [0.05, 0.1) is 4.08 Å². The van der Waals surface area contributed by atoms with Crippen molar-refractivity contribution < 1.29 is 18.1 Å². The van der Waals surface area contributed by atoms with Gasteiger partial charge in [0.25, 0.3) is 5.97 Å². The number of carbonyl (C=O) groups excluding carboxylic acids is 1. The van der Waals surface area contributed by atoms with E-state index >= 15 is 0 Å². The molecule has 0 aliphatic heterocycles. The van der Waals surface area contributed by atoms with Crippen LogP contribution < -0.4 is 0 Å². The maximum atomic E-state index is 11.6. The SMILES string of the molecule is CCC(S)(S)CCCC(=O)O[Si](C)(OC)OC. The first-order valence-corrected chi connectivity index (χ1v) is 8.67. The molecule has 0 saturated carbocycles. The third-order valence-electron chi connectivity index (χ3n) is 2.57. The molecule has 0 aromatic carbocycles. The smallest absolute Gasteiger partial charge is 0.473 e. The molecule has 0 aromatic rings. The second-order valence-electron chi connectivity index (χ2n) is 3.93. The Bertz CT molecular complexity index is 244. The van der Waals surface area contributed by atoms with Crippen LogP contribution >= 0.6 is 25.3 Å². The summed E-state index contributed by atoms with van der Waals surface area (Å²) in [6.45, 7) is 3.69. The highest BCUT2D eigenvalue weighted by atomic mass is 32.2. The van der Waals surface area contributed by atoms with E-state index in [0.29, 0.717) is 12.8 Å². The van der Waals surface area contributed by atoms with Gasteiger partial charge in [0.15, 0.2) is 0 Å². The molecule has 0 N–H and O–H groups in total. The van der Waals surface area contributed by atoms with Crippen molar-refractivity contribution in [3.8, 4) is 0 Å². The van der Waals surface area contributed by atoms with Gasteiger partial charge >= 0.3 is 8.80 Å². The number of hydrogen-bond donors (Lipinski definition) is 2. The Balaban J connectivity index is 3.96. The maximum absolute atomic E-state index is 11.6. The van der Waals surface area contributed by atoms with Gasteiger partial charge in [-0.15, -0.1) is 0 Å². The summed E-state index contributed by atoms with van der Waals surface area (Å²) >= 11 is 8.77. The Morgan fingerprint density at radius 1 is 1.29 bits per heavy atom. The molecule has 0 fully saturated rings. The molecule has 0 unspecified atom stereocenters. The van der Waals surface area contributed by atoms with Crippen LogP contribution in [0.5, 0.6) is 0 Å². The molecule has 17 heavy (non-hydrogen) atoms. The van der Waals surface area contributed by atoms with E-state index in [2.05, 4.69) is 25.3 Å². The van der Waals surface area contributed by atoms with Crippen molar-refractivity contribution in [2.75, 3.05) is 14.2 Å². The quantitative estimate of drug-likeness (QED) is 0.411. The van der Waals surface area contributed by atoms with Crippen molar-refractivity contribution in [1.29, 1.82) is 0 Å². The topological polar surface area (TPSA) is 44.8 Å². The van der Waals surface area contributed by atoms with E-state index in [1.807, 2.05) is 6.92 Å². The van der Waals surface area contributed by atoms with E-state index in [1.165, 1.54) is 14.2 Å². The minimum Gasteiger partial charge on any atom is -0.473 e. The highest BCUT2D eigenvalue weighted by Gasteiger charge is 2.36. The third kappa shape index (κ3) is 7.35. The zero-order chi connectivity index (χ0) is 13.5. The van der Waals surface area contributed by atoms with Crippen molar-refractivity contribution in [2.45, 2.75) is 43.2 Å². The van der Waals surface area contributed by atoms with Crippen molar-refractivity contribution in [3.63, 3.8) is 0 Å². The zero-order valence-electron chi connectivity index (χ0n) is 10.9. The predicted molar refractivity (Wildman–Crippen MR) is 76.6 cm³/mol. The first kappa shape index (κ1) is 17.3. The summed E-state index contributed by atoms with van der Waals surface area (Å²) in [7, 11) is 0.205. The Labute approximate surface area is 116 Å². The van der Waals surface area contributed by atoms with Crippen LogP contribution in [0.3, 0.4) is 0 Å². The van der Waals surface area contributed by atoms with Crippen LogP contribution in [0.1, 0.15) is 32.6 Å². The molecule has 0 radical (unpaired) electrons. The number of thiol groups is 2. The van der Waals surface area contributed by atoms with Crippen molar-refractivity contribution in [1.82, 2.24) is 0 Å². The van der Waals surface area contributed by atoms with Crippen LogP contribution in [-0.2, 0) is 18.1 Å². The summed E-state index contributed by atoms with van der Waals surface area (Å²) in [6.07, 6.45) is 2.62. The second kappa shape index (κ2) is 7.68. The maximum Gasteiger partial charge on any atom is 0.564 e. The molecule has 0 aliphatic carbocycles. The standard InChI is InChI=1S/C10H22O4S2Si/c1-5-10(15,16)8-6-7-9(11)14-17(4,12-2)13-3/h15-16H,5-8H2,1-4H3. The van der Waals surface area contributed by atoms with Crippen molar-refractivity contribution >= 4 is 40.0 Å². The summed E-state index contributed by atoms with van der Waals surface area (Å²) in [5.41, 5.74) is 0. The molecule has 0 saturated heterocycles. The van der Waals surface area contributed by atoms with E-state index in [1.54, 1.807) is 6.55 Å². The van der Waals surface area contributed by atoms with Crippen LogP contribution in [0, 0.1) is 0 Å². The average Bonchev–Trinajstić information content (AvgIpc) is 2.28. The molecule has 0 heterocycles. The van der Waals surface area contributed by atoms with Gasteiger partial charge in [-0.3, -0.25) is 4.79 Å². The lowest BCUT2D eigenvalue weighted by Crippen LogP contribution is -2.42. The van der Waals surface area contributed by atoms with Crippen LogP contribution in [0.4, 0.5) is 0 Å². The Morgan fingerprint density at radius 3 is 2.24 bits per heavy atom. The molecule has 0 rings (SSSR count). The molecule has 4 nitrogen and oxygen atoms in total. The van der Waals surface area contributed by atoms with E-state index in [0.717, 1.165) is 12.8 Å². The van der Waals surface area contributed by atoms with Crippen LogP contribution in [0.2, 0.25) is 6.55 Å². The van der Waals surface area contributed by atoms with Gasteiger partial charge in [-0.1, -0.05) is 6.92 Å². The molecule has 0 aromatic heterocycles. The minimum absolute atomic E-state index is 0.295. The third-order valence-corrected chi connectivity index (χ3v) is 5.73. The van der Waals surface area contributed by atoms with Gasteiger partial charge in [-0.05, 0) is 19.3 Å². The van der Waals surface area contributed by atoms with E-state index < -0.39 is 8.80 Å². The zero-order valence-corrected chi connectivity index (χ0v) is 13.6. The molecule has 0 amide bonds. The minimum atomic E-state index is -2.75. The van der Waals surface area contributed by atoms with Crippen LogP contribution in [0.25, 0.3) is 0 Å². The highest BCUT2D eigenvalue weighted by molar-refractivity contribution is 8.00. The molecule has 0 bridgehead atoms. The van der Waals surface area contributed by atoms with Gasteiger partial charge in [-0.25, -0.2) is 0 Å². The highest BCUT2D eigenvalue weighted by Crippen LogP contribution is 2.29. The van der Waals surface area contributed by atoms with Gasteiger partial charge < -0.3 is 13.3 Å². The fourth-order valence-corrected chi connectivity index (χ4v) is 2.28. The largest absolute Gasteiger partial charge is 0.564 e. The fourth-order valence-electron chi connectivity index (χ4n) is 1.12. The van der Waals surface area contributed by atoms with Gasteiger partial charge in [-0.2, -0.15) is 25.3 Å². The van der Waals surface area contributed by atoms with E-state index in [9.17, 15) is 4.79 Å². The lowest BCUT2D eigenvalue weighted by Gasteiger charge is -2.22. The lowest BCUT2D eigenvalue weighted by molar-refractivity contribution is -0.138. The first-order chi connectivity index (χ1) is 7.78. The van der Waals surface area contributed by atoms with Gasteiger partial charge in [0.1, 0.15) is 0 Å². The summed E-state index contributed by atoms with van der Waals surface area (Å²) < 4.78 is 15.0. The second-order valence-corrected chi connectivity index (χ2v) is 8.74.